The topological polar surface area (TPSA) is 61.6 Å². The zero-order valence-electron chi connectivity index (χ0n) is 15.3. The normalized spacial score (nSPS) is 26.7. The van der Waals surface area contributed by atoms with Crippen molar-refractivity contribution in [3.63, 3.8) is 0 Å². The van der Waals surface area contributed by atoms with Crippen LogP contribution in [0.4, 0.5) is 0 Å². The van der Waals surface area contributed by atoms with Gasteiger partial charge in [-0.1, -0.05) is 0 Å². The van der Waals surface area contributed by atoms with Crippen LogP contribution in [0.15, 0.2) is 12.3 Å². The van der Waals surface area contributed by atoms with Crippen molar-refractivity contribution in [2.75, 3.05) is 19.6 Å². The van der Waals surface area contributed by atoms with Gasteiger partial charge in [0, 0.05) is 33.3 Å². The molecule has 1 amide bonds. The standard InChI is InChI=1S/C18H30N4O2/c1-14(23)22-13-18(11-16(24)17(22,2)3)6-9-21(10-7-18)12-15-5-8-19-20(15)4/h5,8,16,24H,6-7,9-13H2,1-4H3/t16-/m0/s1. The van der Waals surface area contributed by atoms with Gasteiger partial charge < -0.3 is 10.0 Å². The summed E-state index contributed by atoms with van der Waals surface area (Å²) in [7, 11) is 1.98. The molecule has 0 unspecified atom stereocenters. The van der Waals surface area contributed by atoms with E-state index in [2.05, 4.69) is 16.1 Å². The maximum absolute atomic E-state index is 12.1. The van der Waals surface area contributed by atoms with Crippen molar-refractivity contribution in [1.82, 2.24) is 19.6 Å². The number of amides is 1. The largest absolute Gasteiger partial charge is 0.391 e. The van der Waals surface area contributed by atoms with Crippen molar-refractivity contribution in [2.45, 2.75) is 58.2 Å². The fourth-order valence-electron chi connectivity index (χ4n) is 4.29. The molecule has 1 N–H and O–H groups in total. The first-order valence-electron chi connectivity index (χ1n) is 8.89. The minimum atomic E-state index is -0.469. The van der Waals surface area contributed by atoms with E-state index in [1.54, 1.807) is 6.92 Å². The van der Waals surface area contributed by atoms with Crippen LogP contribution in [0.25, 0.3) is 0 Å². The molecule has 0 aromatic carbocycles. The molecule has 6 nitrogen and oxygen atoms in total. The highest BCUT2D eigenvalue weighted by Gasteiger charge is 2.50. The predicted octanol–water partition coefficient (Wildman–Crippen LogP) is 1.39. The van der Waals surface area contributed by atoms with Gasteiger partial charge in [-0.3, -0.25) is 14.4 Å². The van der Waals surface area contributed by atoms with Crippen molar-refractivity contribution in [1.29, 1.82) is 0 Å². The minimum Gasteiger partial charge on any atom is -0.391 e. The van der Waals surface area contributed by atoms with E-state index in [-0.39, 0.29) is 11.3 Å². The molecule has 1 aromatic rings. The minimum absolute atomic E-state index is 0.0591. The van der Waals surface area contributed by atoms with E-state index in [4.69, 9.17) is 0 Å². The first kappa shape index (κ1) is 17.4. The van der Waals surface area contributed by atoms with Gasteiger partial charge in [0.05, 0.1) is 17.3 Å². The van der Waals surface area contributed by atoms with Crippen LogP contribution in [0.1, 0.15) is 45.7 Å². The van der Waals surface area contributed by atoms with Crippen LogP contribution in [0.3, 0.4) is 0 Å². The lowest BCUT2D eigenvalue weighted by Crippen LogP contribution is -2.64. The molecule has 6 heteroatoms. The van der Waals surface area contributed by atoms with Gasteiger partial charge in [0.15, 0.2) is 0 Å². The van der Waals surface area contributed by atoms with E-state index in [0.29, 0.717) is 0 Å². The summed E-state index contributed by atoms with van der Waals surface area (Å²) in [4.78, 5) is 16.4. The first-order chi connectivity index (χ1) is 11.2. The zero-order chi connectivity index (χ0) is 17.5. The molecule has 2 saturated heterocycles. The molecule has 0 saturated carbocycles. The van der Waals surface area contributed by atoms with E-state index in [1.807, 2.05) is 36.7 Å². The van der Waals surface area contributed by atoms with Crippen LogP contribution >= 0.6 is 0 Å². The van der Waals surface area contributed by atoms with E-state index in [0.717, 1.165) is 45.4 Å². The van der Waals surface area contributed by atoms with E-state index in [1.165, 1.54) is 5.69 Å². The molecular formula is C18H30N4O2. The van der Waals surface area contributed by atoms with Crippen LogP contribution in [0, 0.1) is 5.41 Å². The Morgan fingerprint density at radius 1 is 1.38 bits per heavy atom. The molecule has 1 aromatic heterocycles. The summed E-state index contributed by atoms with van der Waals surface area (Å²) in [5.41, 5.74) is 0.813. The van der Waals surface area contributed by atoms with Gasteiger partial charge in [-0.05, 0) is 57.7 Å². The third-order valence-electron chi connectivity index (χ3n) is 6.24. The fraction of sp³-hybridized carbons (Fsp3) is 0.778. The van der Waals surface area contributed by atoms with E-state index in [9.17, 15) is 9.90 Å². The molecule has 0 bridgehead atoms. The summed E-state index contributed by atoms with van der Waals surface area (Å²) in [5, 5.41) is 14.9. The molecular weight excluding hydrogens is 304 g/mol. The second kappa shape index (κ2) is 6.15. The Bertz CT molecular complexity index is 602. The highest BCUT2D eigenvalue weighted by Crippen LogP contribution is 2.45. The number of rotatable bonds is 2. The average molecular weight is 334 g/mol. The number of aromatic nitrogens is 2. The van der Waals surface area contributed by atoms with Crippen molar-refractivity contribution in [3.8, 4) is 0 Å². The molecule has 2 aliphatic rings. The second-order valence-corrected chi connectivity index (χ2v) is 8.20. The van der Waals surface area contributed by atoms with Crippen LogP contribution < -0.4 is 0 Å². The van der Waals surface area contributed by atoms with E-state index < -0.39 is 11.6 Å². The predicted molar refractivity (Wildman–Crippen MR) is 92.2 cm³/mol. The van der Waals surface area contributed by atoms with E-state index >= 15 is 0 Å². The van der Waals surface area contributed by atoms with Crippen LogP contribution in [-0.4, -0.2) is 61.9 Å². The number of carbonyl (C=O) groups excluding carboxylic acids is 1. The fourth-order valence-corrected chi connectivity index (χ4v) is 4.29. The summed E-state index contributed by atoms with van der Waals surface area (Å²) in [6.45, 7) is 9.26. The maximum Gasteiger partial charge on any atom is 0.219 e. The lowest BCUT2D eigenvalue weighted by molar-refractivity contribution is -0.157. The summed E-state index contributed by atoms with van der Waals surface area (Å²) in [5.74, 6) is 0.0652. The van der Waals surface area contributed by atoms with Gasteiger partial charge in [0.2, 0.25) is 5.91 Å². The molecule has 2 aliphatic heterocycles. The maximum atomic E-state index is 12.1. The van der Waals surface area contributed by atoms with Crippen LogP contribution in [0.2, 0.25) is 0 Å². The van der Waals surface area contributed by atoms with Crippen LogP contribution in [-0.2, 0) is 18.4 Å². The number of aryl methyl sites for hydroxylation is 1. The Kier molecular flexibility index (Phi) is 4.47. The van der Waals surface area contributed by atoms with Gasteiger partial charge in [0.25, 0.3) is 0 Å². The quantitative estimate of drug-likeness (QED) is 0.888. The molecule has 134 valence electrons. The Balaban J connectivity index is 1.66. The molecule has 3 heterocycles. The number of piperidine rings is 2. The number of likely N-dealkylation sites (tertiary alicyclic amines) is 2. The third-order valence-corrected chi connectivity index (χ3v) is 6.24. The van der Waals surface area contributed by atoms with Gasteiger partial charge >= 0.3 is 0 Å². The van der Waals surface area contributed by atoms with Crippen LogP contribution in [0.5, 0.6) is 0 Å². The molecule has 0 aliphatic carbocycles. The molecule has 3 rings (SSSR count). The highest BCUT2D eigenvalue weighted by molar-refractivity contribution is 5.74. The highest BCUT2D eigenvalue weighted by atomic mass is 16.3. The SMILES string of the molecule is CC(=O)N1CC2(CCN(Cc3ccnn3C)CC2)C[C@H](O)C1(C)C. The lowest BCUT2D eigenvalue weighted by Gasteiger charge is -2.55. The number of hydrogen-bond donors (Lipinski definition) is 1. The average Bonchev–Trinajstić information content (AvgIpc) is 2.91. The Morgan fingerprint density at radius 3 is 2.58 bits per heavy atom. The smallest absolute Gasteiger partial charge is 0.219 e. The summed E-state index contributed by atoms with van der Waals surface area (Å²) in [6.07, 6.45) is 4.23. The zero-order valence-corrected chi connectivity index (χ0v) is 15.3. The number of aliphatic hydroxyl groups is 1. The molecule has 2 fully saturated rings. The Morgan fingerprint density at radius 2 is 2.04 bits per heavy atom. The van der Waals surface area contributed by atoms with Gasteiger partial charge in [0.1, 0.15) is 0 Å². The summed E-state index contributed by atoms with van der Waals surface area (Å²) in [6, 6.07) is 2.06. The number of hydrogen-bond acceptors (Lipinski definition) is 4. The Hall–Kier alpha value is -1.40. The van der Waals surface area contributed by atoms with Crippen molar-refractivity contribution < 1.29 is 9.90 Å². The van der Waals surface area contributed by atoms with Crippen molar-refractivity contribution >= 4 is 5.91 Å². The molecule has 1 atom stereocenters. The Labute approximate surface area is 144 Å². The molecule has 24 heavy (non-hydrogen) atoms. The van der Waals surface area contributed by atoms with Crippen molar-refractivity contribution in [2.24, 2.45) is 12.5 Å². The van der Waals surface area contributed by atoms with Gasteiger partial charge in [-0.25, -0.2) is 0 Å². The van der Waals surface area contributed by atoms with Gasteiger partial charge in [-0.15, -0.1) is 0 Å². The summed E-state index contributed by atoms with van der Waals surface area (Å²) >= 11 is 0. The molecule has 1 spiro atoms. The third kappa shape index (κ3) is 3.09. The first-order valence-corrected chi connectivity index (χ1v) is 8.89. The number of aliphatic hydroxyl groups excluding tert-OH is 1. The van der Waals surface area contributed by atoms with Gasteiger partial charge in [-0.2, -0.15) is 5.10 Å². The lowest BCUT2D eigenvalue weighted by atomic mass is 9.67. The second-order valence-electron chi connectivity index (χ2n) is 8.20. The molecule has 0 radical (unpaired) electrons. The summed E-state index contributed by atoms with van der Waals surface area (Å²) < 4.78 is 1.93. The number of carbonyl (C=O) groups is 1. The number of nitrogens with zero attached hydrogens (tertiary/aromatic N) is 4. The van der Waals surface area contributed by atoms with Crippen molar-refractivity contribution in [3.05, 3.63) is 18.0 Å². The monoisotopic (exact) mass is 334 g/mol.